The van der Waals surface area contributed by atoms with E-state index in [-0.39, 0.29) is 50.0 Å². The molecule has 0 fully saturated rings. The average molecular weight is 1210 g/mol. The summed E-state index contributed by atoms with van der Waals surface area (Å²) in [6.45, 7) is 57.4. The van der Waals surface area contributed by atoms with Gasteiger partial charge in [0, 0.05) is 49.8 Å². The highest BCUT2D eigenvalue weighted by atomic mass is 28.3. The van der Waals surface area contributed by atoms with E-state index < -0.39 is 8.07 Å². The molecule has 9 aromatic carbocycles. The van der Waals surface area contributed by atoms with Crippen LogP contribution in [0.15, 0.2) is 146 Å². The topological polar surface area (TPSA) is 13.1 Å². The van der Waals surface area contributed by atoms with E-state index in [2.05, 4.69) is 326 Å². The van der Waals surface area contributed by atoms with Crippen molar-refractivity contribution < 1.29 is 0 Å². The van der Waals surface area contributed by atoms with E-state index >= 15 is 0 Å². The first-order valence-corrected chi connectivity index (χ1v) is 36.0. The number of nitrogens with zero attached hydrogens (tertiary/aromatic N) is 3. The van der Waals surface area contributed by atoms with E-state index in [1.165, 1.54) is 149 Å². The zero-order chi connectivity index (χ0) is 65.1. The molecule has 0 saturated heterocycles. The summed E-state index contributed by atoms with van der Waals surface area (Å²) in [5.41, 5.74) is 29.0. The van der Waals surface area contributed by atoms with E-state index in [4.69, 9.17) is 0 Å². The van der Waals surface area contributed by atoms with Gasteiger partial charge in [-0.1, -0.05) is 257 Å². The SMILES string of the molecule is CC(C)(C)c1cccc(N(c2cc(C(C)(C)C)cc(C(C)(C)C)c2)c2ccc3c4c2c2ccc(C(C)(C)C)cc2n4-c2ccc4c5c2B3c2cc(C(C)(C)C)cc3c6cc(C(C)(C)C)cc(c6n-5c23)[Si]42c3cc(C(C)(C)C)ccc3-c3ccc(C(C)(C)C)cc32)c1. The molecule has 1 spiro atoms. The smallest absolute Gasteiger partial charge is 0.252 e. The highest BCUT2D eigenvalue weighted by Crippen LogP contribution is 2.50. The molecule has 4 aliphatic heterocycles. The van der Waals surface area contributed by atoms with Gasteiger partial charge in [-0.3, -0.25) is 0 Å². The Morgan fingerprint density at radius 2 is 0.802 bits per heavy atom. The third-order valence-corrected chi connectivity index (χ3v) is 26.7. The second-order valence-corrected chi connectivity index (χ2v) is 40.1. The minimum absolute atomic E-state index is 0.0554. The molecule has 0 N–H and O–H groups in total. The maximum absolute atomic E-state index is 3.24. The molecule has 0 atom stereocenters. The van der Waals surface area contributed by atoms with Crippen molar-refractivity contribution in [2.45, 2.75) is 209 Å². The Morgan fingerprint density at radius 3 is 1.35 bits per heavy atom. The van der Waals surface area contributed by atoms with Crippen LogP contribution in [-0.4, -0.2) is 23.9 Å². The Kier molecular flexibility index (Phi) is 12.2. The monoisotopic (exact) mass is 1210 g/mol. The van der Waals surface area contributed by atoms with Crippen molar-refractivity contribution in [2.75, 3.05) is 4.90 Å². The first-order valence-electron chi connectivity index (χ1n) is 34.0. The predicted molar refractivity (Wildman–Crippen MR) is 400 cm³/mol. The summed E-state index contributed by atoms with van der Waals surface area (Å²) in [6.07, 6.45) is 0. The van der Waals surface area contributed by atoms with Crippen LogP contribution in [0.1, 0.15) is 211 Å². The van der Waals surface area contributed by atoms with Gasteiger partial charge in [-0.05, 0) is 191 Å². The zero-order valence-electron chi connectivity index (χ0n) is 59.3. The van der Waals surface area contributed by atoms with Crippen LogP contribution in [0.2, 0.25) is 0 Å². The van der Waals surface area contributed by atoms with Crippen LogP contribution in [0.3, 0.4) is 0 Å². The van der Waals surface area contributed by atoms with Crippen molar-refractivity contribution in [1.82, 2.24) is 9.13 Å². The van der Waals surface area contributed by atoms with Crippen LogP contribution in [0.4, 0.5) is 17.1 Å². The van der Waals surface area contributed by atoms with Gasteiger partial charge in [0.25, 0.3) is 6.71 Å². The molecular formula is C86H96BN3Si. The second kappa shape index (κ2) is 18.5. The van der Waals surface area contributed by atoms with Gasteiger partial charge < -0.3 is 14.0 Å². The molecule has 91 heavy (non-hydrogen) atoms. The van der Waals surface area contributed by atoms with Crippen molar-refractivity contribution in [2.24, 2.45) is 0 Å². The molecule has 0 saturated carbocycles. The molecule has 2 aromatic heterocycles. The van der Waals surface area contributed by atoms with Gasteiger partial charge in [0.15, 0.2) is 8.07 Å². The van der Waals surface area contributed by atoms with E-state index in [0.717, 1.165) is 0 Å². The number of hydrogen-bond acceptors (Lipinski definition) is 1. The van der Waals surface area contributed by atoms with Crippen LogP contribution in [0.25, 0.3) is 66.1 Å². The van der Waals surface area contributed by atoms with Crippen LogP contribution < -0.4 is 42.0 Å². The lowest BCUT2D eigenvalue weighted by Gasteiger charge is -2.43. The molecule has 11 aromatic rings. The van der Waals surface area contributed by atoms with E-state index in [1.807, 2.05) is 0 Å². The van der Waals surface area contributed by atoms with Gasteiger partial charge in [-0.15, -0.1) is 0 Å². The first-order chi connectivity index (χ1) is 42.2. The number of benzene rings is 9. The third-order valence-electron chi connectivity index (χ3n) is 21.9. The molecule has 3 nitrogen and oxygen atoms in total. The maximum atomic E-state index is 2.86. The summed E-state index contributed by atoms with van der Waals surface area (Å²) < 4.78 is 5.63. The first kappa shape index (κ1) is 59.9. The van der Waals surface area contributed by atoms with Gasteiger partial charge in [-0.25, -0.2) is 0 Å². The zero-order valence-corrected chi connectivity index (χ0v) is 60.3. The lowest BCUT2D eigenvalue weighted by Crippen LogP contribution is -2.77. The highest BCUT2D eigenvalue weighted by Gasteiger charge is 2.57. The Labute approximate surface area is 545 Å². The molecule has 0 radical (unpaired) electrons. The predicted octanol–water partition coefficient (Wildman–Crippen LogP) is 18.5. The molecule has 6 heterocycles. The number of anilines is 3. The molecular weight excluding hydrogens is 1110 g/mol. The van der Waals surface area contributed by atoms with E-state index in [9.17, 15) is 0 Å². The van der Waals surface area contributed by atoms with Crippen molar-refractivity contribution in [1.29, 1.82) is 0 Å². The Morgan fingerprint density at radius 1 is 0.330 bits per heavy atom. The summed E-state index contributed by atoms with van der Waals surface area (Å²) in [7, 11) is -3.24. The van der Waals surface area contributed by atoms with Crippen LogP contribution in [0.5, 0.6) is 0 Å². The maximum Gasteiger partial charge on any atom is 0.252 e. The fraction of sp³-hybridized carbons (Fsp3) is 0.372. The molecule has 0 bridgehead atoms. The molecule has 0 amide bonds. The number of aromatic nitrogens is 2. The molecule has 462 valence electrons. The fourth-order valence-electron chi connectivity index (χ4n) is 16.4. The summed E-state index contributed by atoms with van der Waals surface area (Å²) >= 11 is 0. The van der Waals surface area contributed by atoms with Crippen molar-refractivity contribution in [3.63, 3.8) is 0 Å². The van der Waals surface area contributed by atoms with Crippen LogP contribution >= 0.6 is 0 Å². The van der Waals surface area contributed by atoms with Gasteiger partial charge in [-0.2, -0.15) is 0 Å². The summed E-state index contributed by atoms with van der Waals surface area (Å²) in [6, 6.07) is 61.0. The highest BCUT2D eigenvalue weighted by molar-refractivity contribution is 7.24. The van der Waals surface area contributed by atoms with Gasteiger partial charge >= 0.3 is 0 Å². The van der Waals surface area contributed by atoms with Crippen molar-refractivity contribution in [3.05, 3.63) is 190 Å². The quantitative estimate of drug-likeness (QED) is 0.161. The molecule has 0 unspecified atom stereocenters. The molecule has 4 aliphatic rings. The van der Waals surface area contributed by atoms with Gasteiger partial charge in [0.1, 0.15) is 0 Å². The number of hydrogen-bond donors (Lipinski definition) is 0. The Balaban J connectivity index is 1.16. The third kappa shape index (κ3) is 8.49. The van der Waals surface area contributed by atoms with Gasteiger partial charge in [0.2, 0.25) is 0 Å². The Bertz CT molecular complexity index is 4920. The van der Waals surface area contributed by atoms with Crippen LogP contribution in [-0.2, 0) is 43.3 Å². The van der Waals surface area contributed by atoms with Crippen molar-refractivity contribution >= 4 is 113 Å². The summed E-state index contributed by atoms with van der Waals surface area (Å²) in [4.78, 5) is 2.65. The summed E-state index contributed by atoms with van der Waals surface area (Å²) in [5, 5.41) is 11.5. The normalized spacial score (nSPS) is 15.1. The standard InChI is InChI=1S/C86H96BN3Si/c1-79(2,3)49-26-25-27-57(39-49)88(58-40-53(83(13,14)15)38-54(41-58)84(16,17)18)66-35-34-64-77-73(66)61-33-30-50(80(4,5)6)45-68(61)89(77)67-36-37-69-78-74(67)87(64)65-44-55(85(19,20)21)42-62-63-43-56(86(22,23)24)48-72(76(63)90(78)75(62)65)91(69)70-46-51(81(7,8)9)28-31-59(70)60-32-29-52(47-71(60)91)82(10,11)12/h25-48H,1-24H3. The Hall–Kier alpha value is -7.34. The summed E-state index contributed by atoms with van der Waals surface area (Å²) in [5.74, 6) is 0. The van der Waals surface area contributed by atoms with E-state index in [0.29, 0.717) is 0 Å². The lowest BCUT2D eigenvalue weighted by molar-refractivity contribution is 0.568. The number of rotatable bonds is 3. The molecule has 15 rings (SSSR count). The molecule has 0 aliphatic carbocycles. The second-order valence-electron chi connectivity index (χ2n) is 36.4. The average Bonchev–Trinajstić information content (AvgIpc) is 1.53. The van der Waals surface area contributed by atoms with Crippen molar-refractivity contribution in [3.8, 4) is 22.5 Å². The molecule has 5 heteroatoms. The largest absolute Gasteiger partial charge is 0.310 e. The minimum atomic E-state index is -3.24. The van der Waals surface area contributed by atoms with Gasteiger partial charge in [0.05, 0.1) is 22.2 Å². The number of fused-ring (bicyclic) bond motifs is 14. The lowest BCUT2D eigenvalue weighted by atomic mass is 9.34. The van der Waals surface area contributed by atoms with E-state index in [1.54, 1.807) is 15.6 Å². The van der Waals surface area contributed by atoms with Crippen LogP contribution in [0, 0.1) is 0 Å². The minimum Gasteiger partial charge on any atom is -0.310 e. The fourth-order valence-corrected chi connectivity index (χ4v) is 22.1.